The van der Waals surface area contributed by atoms with Gasteiger partial charge in [0.05, 0.1) is 12.2 Å². The lowest BCUT2D eigenvalue weighted by Gasteiger charge is -2.32. The number of hydrogen-bond donors (Lipinski definition) is 1. The Labute approximate surface area is 122 Å². The fourth-order valence-corrected chi connectivity index (χ4v) is 2.70. The van der Waals surface area contributed by atoms with Gasteiger partial charge in [0, 0.05) is 38.1 Å². The molecule has 7 nitrogen and oxygen atoms in total. The standard InChI is InChI=1S/C14H19N5O2/c1-11(3-6-18-5-2-4-15-18)17-7-8-19-12(10-17)9-13(16-19)14(20)21/h2,4-5,9,11H,3,6-8,10H2,1H3,(H,20,21). The van der Waals surface area contributed by atoms with Gasteiger partial charge in [0.15, 0.2) is 5.69 Å². The zero-order valence-electron chi connectivity index (χ0n) is 12.0. The van der Waals surface area contributed by atoms with Crippen molar-refractivity contribution >= 4 is 5.97 Å². The molecule has 0 fully saturated rings. The molecule has 1 N–H and O–H groups in total. The van der Waals surface area contributed by atoms with E-state index in [0.29, 0.717) is 6.04 Å². The predicted octanol–water partition coefficient (Wildman–Crippen LogP) is 1.07. The van der Waals surface area contributed by atoms with Crippen LogP contribution in [0.4, 0.5) is 0 Å². The van der Waals surface area contributed by atoms with Gasteiger partial charge in [-0.05, 0) is 25.5 Å². The summed E-state index contributed by atoms with van der Waals surface area (Å²) in [5.74, 6) is -0.963. The van der Waals surface area contributed by atoms with Crippen LogP contribution in [0.25, 0.3) is 0 Å². The van der Waals surface area contributed by atoms with Gasteiger partial charge < -0.3 is 5.11 Å². The second kappa shape index (κ2) is 5.69. The molecule has 112 valence electrons. The fraction of sp³-hybridized carbons (Fsp3) is 0.500. The summed E-state index contributed by atoms with van der Waals surface area (Å²) in [7, 11) is 0. The zero-order valence-corrected chi connectivity index (χ0v) is 12.0. The first-order chi connectivity index (χ1) is 10.1. The van der Waals surface area contributed by atoms with Gasteiger partial charge in [-0.25, -0.2) is 4.79 Å². The molecule has 2 aromatic heterocycles. The number of aryl methyl sites for hydroxylation is 1. The second-order valence-electron chi connectivity index (χ2n) is 5.43. The minimum atomic E-state index is -0.963. The van der Waals surface area contributed by atoms with Crippen molar-refractivity contribution in [3.8, 4) is 0 Å². The van der Waals surface area contributed by atoms with Crippen LogP contribution in [0.2, 0.25) is 0 Å². The Balaban J connectivity index is 1.61. The molecule has 0 radical (unpaired) electrons. The molecule has 3 rings (SSSR count). The molecule has 1 unspecified atom stereocenters. The molecule has 0 saturated heterocycles. The van der Waals surface area contributed by atoms with Crippen LogP contribution in [-0.2, 0) is 19.6 Å². The van der Waals surface area contributed by atoms with Gasteiger partial charge >= 0.3 is 5.97 Å². The van der Waals surface area contributed by atoms with Crippen molar-refractivity contribution < 1.29 is 9.90 Å². The number of nitrogens with zero attached hydrogens (tertiary/aromatic N) is 5. The molecule has 1 atom stereocenters. The van der Waals surface area contributed by atoms with Gasteiger partial charge in [-0.15, -0.1) is 0 Å². The highest BCUT2D eigenvalue weighted by atomic mass is 16.4. The number of aromatic carboxylic acids is 1. The third kappa shape index (κ3) is 2.97. The van der Waals surface area contributed by atoms with Crippen molar-refractivity contribution in [2.75, 3.05) is 6.54 Å². The number of fused-ring (bicyclic) bond motifs is 1. The summed E-state index contributed by atoms with van der Waals surface area (Å²) in [5, 5.41) is 17.3. The molecular formula is C14H19N5O2. The minimum Gasteiger partial charge on any atom is -0.476 e. The van der Waals surface area contributed by atoms with E-state index in [-0.39, 0.29) is 5.69 Å². The van der Waals surface area contributed by atoms with Crippen LogP contribution in [0, 0.1) is 0 Å². The van der Waals surface area contributed by atoms with Crippen molar-refractivity contribution in [3.05, 3.63) is 35.9 Å². The van der Waals surface area contributed by atoms with E-state index < -0.39 is 5.97 Å². The van der Waals surface area contributed by atoms with Crippen LogP contribution >= 0.6 is 0 Å². The molecule has 0 saturated carbocycles. The normalized spacial score (nSPS) is 16.6. The minimum absolute atomic E-state index is 0.135. The number of carboxylic acid groups (broad SMARTS) is 1. The topological polar surface area (TPSA) is 76.2 Å². The highest BCUT2D eigenvalue weighted by molar-refractivity contribution is 5.85. The van der Waals surface area contributed by atoms with Crippen LogP contribution in [0.15, 0.2) is 24.5 Å². The lowest BCUT2D eigenvalue weighted by Crippen LogP contribution is -2.40. The number of aromatic nitrogens is 4. The molecule has 0 spiro atoms. The van der Waals surface area contributed by atoms with Gasteiger partial charge in [0.25, 0.3) is 0 Å². The Kier molecular flexibility index (Phi) is 3.74. The maximum Gasteiger partial charge on any atom is 0.356 e. The SMILES string of the molecule is CC(CCn1cccn1)N1CCn2nc(C(=O)O)cc2C1. The summed E-state index contributed by atoms with van der Waals surface area (Å²) in [6.45, 7) is 5.49. The molecule has 3 heterocycles. The van der Waals surface area contributed by atoms with E-state index in [0.717, 1.165) is 38.3 Å². The number of rotatable bonds is 5. The van der Waals surface area contributed by atoms with Crippen molar-refractivity contribution in [2.24, 2.45) is 0 Å². The van der Waals surface area contributed by atoms with E-state index in [1.165, 1.54) is 0 Å². The van der Waals surface area contributed by atoms with E-state index in [4.69, 9.17) is 5.11 Å². The van der Waals surface area contributed by atoms with Crippen molar-refractivity contribution in [1.29, 1.82) is 0 Å². The van der Waals surface area contributed by atoms with E-state index >= 15 is 0 Å². The molecule has 0 amide bonds. The predicted molar refractivity (Wildman–Crippen MR) is 75.9 cm³/mol. The number of carbonyl (C=O) groups is 1. The van der Waals surface area contributed by atoms with Crippen molar-refractivity contribution in [2.45, 2.75) is 39.0 Å². The molecule has 0 aromatic carbocycles. The Morgan fingerprint density at radius 1 is 1.48 bits per heavy atom. The first kappa shape index (κ1) is 13.8. The van der Waals surface area contributed by atoms with Crippen LogP contribution in [0.1, 0.15) is 29.5 Å². The molecule has 7 heteroatoms. The molecule has 2 aromatic rings. The first-order valence-electron chi connectivity index (χ1n) is 7.15. The molecule has 0 aliphatic carbocycles. The summed E-state index contributed by atoms with van der Waals surface area (Å²) in [6.07, 6.45) is 4.77. The second-order valence-corrected chi connectivity index (χ2v) is 5.43. The van der Waals surface area contributed by atoms with Crippen LogP contribution in [-0.4, -0.2) is 48.1 Å². The van der Waals surface area contributed by atoms with Gasteiger partial charge in [-0.3, -0.25) is 14.3 Å². The molecule has 21 heavy (non-hydrogen) atoms. The van der Waals surface area contributed by atoms with Gasteiger partial charge in [0.1, 0.15) is 0 Å². The smallest absolute Gasteiger partial charge is 0.356 e. The van der Waals surface area contributed by atoms with Gasteiger partial charge in [-0.2, -0.15) is 10.2 Å². The van der Waals surface area contributed by atoms with E-state index in [2.05, 4.69) is 22.0 Å². The lowest BCUT2D eigenvalue weighted by atomic mass is 10.1. The van der Waals surface area contributed by atoms with Crippen molar-refractivity contribution in [1.82, 2.24) is 24.5 Å². The number of hydrogen-bond acceptors (Lipinski definition) is 4. The first-order valence-corrected chi connectivity index (χ1v) is 7.15. The average molecular weight is 289 g/mol. The quantitative estimate of drug-likeness (QED) is 0.891. The third-order valence-electron chi connectivity index (χ3n) is 4.01. The Morgan fingerprint density at radius 2 is 2.33 bits per heavy atom. The fourth-order valence-electron chi connectivity index (χ4n) is 2.70. The van der Waals surface area contributed by atoms with E-state index in [1.54, 1.807) is 16.9 Å². The summed E-state index contributed by atoms with van der Waals surface area (Å²) in [4.78, 5) is 13.3. The summed E-state index contributed by atoms with van der Waals surface area (Å²) in [6, 6.07) is 4.03. The van der Waals surface area contributed by atoms with Gasteiger partial charge in [-0.1, -0.05) is 0 Å². The van der Waals surface area contributed by atoms with Gasteiger partial charge in [0.2, 0.25) is 0 Å². The lowest BCUT2D eigenvalue weighted by molar-refractivity contribution is 0.0689. The number of carboxylic acids is 1. The monoisotopic (exact) mass is 289 g/mol. The molecule has 0 bridgehead atoms. The summed E-state index contributed by atoms with van der Waals surface area (Å²) >= 11 is 0. The Bertz CT molecular complexity index is 619. The maximum atomic E-state index is 11.0. The molecule has 1 aliphatic heterocycles. The molecule has 1 aliphatic rings. The summed E-state index contributed by atoms with van der Waals surface area (Å²) in [5.41, 5.74) is 1.11. The summed E-state index contributed by atoms with van der Waals surface area (Å²) < 4.78 is 3.74. The third-order valence-corrected chi connectivity index (χ3v) is 4.01. The average Bonchev–Trinajstić information content (AvgIpc) is 3.12. The highest BCUT2D eigenvalue weighted by Crippen LogP contribution is 2.17. The Hall–Kier alpha value is -2.15. The van der Waals surface area contributed by atoms with E-state index in [1.807, 2.05) is 16.9 Å². The Morgan fingerprint density at radius 3 is 3.05 bits per heavy atom. The van der Waals surface area contributed by atoms with Crippen LogP contribution in [0.3, 0.4) is 0 Å². The highest BCUT2D eigenvalue weighted by Gasteiger charge is 2.23. The maximum absolute atomic E-state index is 11.0. The molecular weight excluding hydrogens is 270 g/mol. The van der Waals surface area contributed by atoms with E-state index in [9.17, 15) is 4.79 Å². The zero-order chi connectivity index (χ0) is 14.8. The van der Waals surface area contributed by atoms with Crippen LogP contribution < -0.4 is 0 Å². The van der Waals surface area contributed by atoms with Crippen LogP contribution in [0.5, 0.6) is 0 Å². The van der Waals surface area contributed by atoms with Crippen molar-refractivity contribution in [3.63, 3.8) is 0 Å². The largest absolute Gasteiger partial charge is 0.476 e.